The fraction of sp³-hybridized carbons (Fsp3) is 0.750. The molecule has 1 N–H and O–H groups in total. The number of rotatable bonds is 5. The lowest BCUT2D eigenvalue weighted by Crippen LogP contribution is -2.17. The van der Waals surface area contributed by atoms with Crippen LogP contribution >= 0.6 is 0 Å². The standard InChI is InChI=1S/C12H21N3O/c1-8-5-10(8)6-13-7-11-9(2)14-15(3)12(11)16-4/h8,10,13H,5-7H2,1-4H3. The van der Waals surface area contributed by atoms with Crippen LogP contribution in [0.4, 0.5) is 0 Å². The Morgan fingerprint density at radius 3 is 2.81 bits per heavy atom. The fourth-order valence-corrected chi connectivity index (χ4v) is 2.21. The van der Waals surface area contributed by atoms with Gasteiger partial charge in [-0.3, -0.25) is 0 Å². The van der Waals surface area contributed by atoms with Crippen LogP contribution in [0.1, 0.15) is 24.6 Å². The van der Waals surface area contributed by atoms with Crippen LogP contribution in [0, 0.1) is 18.8 Å². The number of nitrogens with one attached hydrogen (secondary N) is 1. The zero-order valence-electron chi connectivity index (χ0n) is 10.6. The van der Waals surface area contributed by atoms with Crippen molar-refractivity contribution in [1.82, 2.24) is 15.1 Å². The lowest BCUT2D eigenvalue weighted by atomic mass is 10.2. The van der Waals surface area contributed by atoms with Crippen molar-refractivity contribution in [3.05, 3.63) is 11.3 Å². The summed E-state index contributed by atoms with van der Waals surface area (Å²) < 4.78 is 7.15. The molecule has 90 valence electrons. The minimum absolute atomic E-state index is 0.853. The number of hydrogen-bond donors (Lipinski definition) is 1. The quantitative estimate of drug-likeness (QED) is 0.822. The van der Waals surface area contributed by atoms with Crippen molar-refractivity contribution >= 4 is 0 Å². The van der Waals surface area contributed by atoms with Crippen molar-refractivity contribution in [2.45, 2.75) is 26.8 Å². The van der Waals surface area contributed by atoms with Crippen LogP contribution < -0.4 is 10.1 Å². The maximum absolute atomic E-state index is 5.35. The van der Waals surface area contributed by atoms with Gasteiger partial charge in [0.05, 0.1) is 18.4 Å². The van der Waals surface area contributed by atoms with Gasteiger partial charge in [-0.2, -0.15) is 5.10 Å². The molecule has 1 aromatic heterocycles. The van der Waals surface area contributed by atoms with Gasteiger partial charge in [-0.1, -0.05) is 6.92 Å². The number of aryl methyl sites for hydroxylation is 2. The normalized spacial score (nSPS) is 23.5. The number of methoxy groups -OCH3 is 1. The molecule has 0 spiro atoms. The van der Waals surface area contributed by atoms with Gasteiger partial charge in [0.15, 0.2) is 0 Å². The molecule has 1 aliphatic carbocycles. The van der Waals surface area contributed by atoms with Gasteiger partial charge in [0.1, 0.15) is 0 Å². The molecule has 2 atom stereocenters. The van der Waals surface area contributed by atoms with E-state index >= 15 is 0 Å². The molecule has 16 heavy (non-hydrogen) atoms. The largest absolute Gasteiger partial charge is 0.481 e. The summed E-state index contributed by atoms with van der Waals surface area (Å²) in [5.74, 6) is 2.65. The molecule has 0 amide bonds. The van der Waals surface area contributed by atoms with E-state index in [-0.39, 0.29) is 0 Å². The summed E-state index contributed by atoms with van der Waals surface area (Å²) in [7, 11) is 3.61. The summed E-state index contributed by atoms with van der Waals surface area (Å²) in [4.78, 5) is 0. The topological polar surface area (TPSA) is 39.1 Å². The highest BCUT2D eigenvalue weighted by molar-refractivity contribution is 5.30. The van der Waals surface area contributed by atoms with E-state index < -0.39 is 0 Å². The van der Waals surface area contributed by atoms with Crippen molar-refractivity contribution in [3.8, 4) is 5.88 Å². The predicted molar refractivity (Wildman–Crippen MR) is 63.5 cm³/mol. The second-order valence-electron chi connectivity index (χ2n) is 4.80. The van der Waals surface area contributed by atoms with Crippen molar-refractivity contribution in [1.29, 1.82) is 0 Å². The average molecular weight is 223 g/mol. The van der Waals surface area contributed by atoms with E-state index in [9.17, 15) is 0 Å². The summed E-state index contributed by atoms with van der Waals surface area (Å²) in [6, 6.07) is 0. The lowest BCUT2D eigenvalue weighted by Gasteiger charge is -2.06. The third-order valence-corrected chi connectivity index (χ3v) is 3.47. The maximum Gasteiger partial charge on any atom is 0.216 e. The molecule has 0 aromatic carbocycles. The first-order valence-corrected chi connectivity index (χ1v) is 5.90. The van der Waals surface area contributed by atoms with Crippen LogP contribution in [0.15, 0.2) is 0 Å². The molecule has 0 bridgehead atoms. The van der Waals surface area contributed by atoms with Crippen LogP contribution in [0.25, 0.3) is 0 Å². The fourth-order valence-electron chi connectivity index (χ4n) is 2.21. The number of hydrogen-bond acceptors (Lipinski definition) is 3. The molecule has 1 saturated carbocycles. The van der Waals surface area contributed by atoms with Gasteiger partial charge in [-0.05, 0) is 31.7 Å². The van der Waals surface area contributed by atoms with E-state index in [1.54, 1.807) is 11.8 Å². The summed E-state index contributed by atoms with van der Waals surface area (Å²) in [5, 5.41) is 7.85. The highest BCUT2D eigenvalue weighted by Crippen LogP contribution is 2.36. The van der Waals surface area contributed by atoms with Crippen LogP contribution in [0.5, 0.6) is 5.88 Å². The molecule has 0 saturated heterocycles. The molecule has 2 unspecified atom stereocenters. The Kier molecular flexibility index (Phi) is 3.19. The monoisotopic (exact) mass is 223 g/mol. The molecule has 4 nitrogen and oxygen atoms in total. The van der Waals surface area contributed by atoms with Crippen LogP contribution in [-0.2, 0) is 13.6 Å². The third kappa shape index (κ3) is 2.21. The highest BCUT2D eigenvalue weighted by Gasteiger charge is 2.31. The zero-order chi connectivity index (χ0) is 11.7. The summed E-state index contributed by atoms with van der Waals surface area (Å²) >= 11 is 0. The molecule has 1 fully saturated rings. The van der Waals surface area contributed by atoms with Gasteiger partial charge < -0.3 is 10.1 Å². The Balaban J connectivity index is 1.92. The average Bonchev–Trinajstić information content (AvgIpc) is 2.85. The van der Waals surface area contributed by atoms with E-state index in [2.05, 4.69) is 17.3 Å². The Labute approximate surface area is 97.0 Å². The number of aromatic nitrogens is 2. The van der Waals surface area contributed by atoms with Crippen molar-refractivity contribution < 1.29 is 4.74 Å². The van der Waals surface area contributed by atoms with Crippen LogP contribution in [0.2, 0.25) is 0 Å². The van der Waals surface area contributed by atoms with E-state index in [1.807, 2.05) is 14.0 Å². The van der Waals surface area contributed by atoms with Crippen LogP contribution in [-0.4, -0.2) is 23.4 Å². The van der Waals surface area contributed by atoms with Gasteiger partial charge in [0.2, 0.25) is 5.88 Å². The highest BCUT2D eigenvalue weighted by atomic mass is 16.5. The predicted octanol–water partition coefficient (Wildman–Crippen LogP) is 1.48. The number of nitrogens with zero attached hydrogens (tertiary/aromatic N) is 2. The van der Waals surface area contributed by atoms with Gasteiger partial charge in [-0.25, -0.2) is 4.68 Å². The molecule has 1 heterocycles. The van der Waals surface area contributed by atoms with E-state index in [0.717, 1.165) is 36.5 Å². The Morgan fingerprint density at radius 2 is 2.25 bits per heavy atom. The minimum Gasteiger partial charge on any atom is -0.481 e. The maximum atomic E-state index is 5.35. The Morgan fingerprint density at radius 1 is 1.56 bits per heavy atom. The lowest BCUT2D eigenvalue weighted by molar-refractivity contribution is 0.367. The van der Waals surface area contributed by atoms with Gasteiger partial charge in [-0.15, -0.1) is 0 Å². The first kappa shape index (κ1) is 11.5. The molecular weight excluding hydrogens is 202 g/mol. The Hall–Kier alpha value is -1.03. The molecule has 4 heteroatoms. The van der Waals surface area contributed by atoms with Gasteiger partial charge in [0.25, 0.3) is 0 Å². The van der Waals surface area contributed by atoms with E-state index in [4.69, 9.17) is 4.74 Å². The zero-order valence-corrected chi connectivity index (χ0v) is 10.6. The smallest absolute Gasteiger partial charge is 0.216 e. The molecule has 0 radical (unpaired) electrons. The summed E-state index contributed by atoms with van der Waals surface area (Å²) in [6.07, 6.45) is 1.37. The van der Waals surface area contributed by atoms with E-state index in [0.29, 0.717) is 0 Å². The summed E-state index contributed by atoms with van der Waals surface area (Å²) in [5.41, 5.74) is 2.23. The Bertz CT molecular complexity index is 373. The SMILES string of the molecule is COc1c(CNCC2CC2C)c(C)nn1C. The van der Waals surface area contributed by atoms with E-state index in [1.165, 1.54) is 12.0 Å². The third-order valence-electron chi connectivity index (χ3n) is 3.47. The summed E-state index contributed by atoms with van der Waals surface area (Å²) in [6.45, 7) is 6.30. The second kappa shape index (κ2) is 4.45. The molecular formula is C12H21N3O. The molecule has 2 rings (SSSR count). The van der Waals surface area contributed by atoms with Crippen LogP contribution in [0.3, 0.4) is 0 Å². The first-order chi connectivity index (χ1) is 7.63. The molecule has 0 aliphatic heterocycles. The number of ether oxygens (including phenoxy) is 1. The van der Waals surface area contributed by atoms with Crippen molar-refractivity contribution in [2.24, 2.45) is 18.9 Å². The van der Waals surface area contributed by atoms with Gasteiger partial charge >= 0.3 is 0 Å². The minimum atomic E-state index is 0.853. The van der Waals surface area contributed by atoms with Crippen molar-refractivity contribution in [2.75, 3.05) is 13.7 Å². The molecule has 1 aliphatic rings. The molecule has 1 aromatic rings. The second-order valence-corrected chi connectivity index (χ2v) is 4.80. The van der Waals surface area contributed by atoms with Gasteiger partial charge in [0, 0.05) is 13.6 Å². The van der Waals surface area contributed by atoms with Crippen molar-refractivity contribution in [3.63, 3.8) is 0 Å². The first-order valence-electron chi connectivity index (χ1n) is 5.90.